The first-order valence-electron chi connectivity index (χ1n) is 6.97. The molecular weight excluding hydrogens is 310 g/mol. The van der Waals surface area contributed by atoms with Crippen molar-refractivity contribution in [2.75, 3.05) is 19.8 Å². The predicted octanol–water partition coefficient (Wildman–Crippen LogP) is 4.54. The van der Waals surface area contributed by atoms with Crippen molar-refractivity contribution in [2.45, 2.75) is 9.79 Å². The Labute approximate surface area is 140 Å². The fourth-order valence-corrected chi connectivity index (χ4v) is 3.63. The maximum Gasteiger partial charge on any atom is 0.181 e. The smallest absolute Gasteiger partial charge is 0.181 e. The lowest BCUT2D eigenvalue weighted by Crippen LogP contribution is -2.09. The molecule has 0 spiro atoms. The SMILES string of the molecule is CN(C)/C=C(/Sc1ccccc1)C(=O)CSc1ccccc1. The van der Waals surface area contributed by atoms with Gasteiger partial charge in [-0.1, -0.05) is 48.2 Å². The predicted molar refractivity (Wildman–Crippen MR) is 96.2 cm³/mol. The number of allylic oxidation sites excluding steroid dienone is 1. The Kier molecular flexibility index (Phi) is 6.62. The molecule has 2 nitrogen and oxygen atoms in total. The van der Waals surface area contributed by atoms with Crippen LogP contribution in [0.15, 0.2) is 81.6 Å². The first-order valence-corrected chi connectivity index (χ1v) is 8.77. The summed E-state index contributed by atoms with van der Waals surface area (Å²) in [5, 5.41) is 0. The lowest BCUT2D eigenvalue weighted by atomic mass is 10.4. The summed E-state index contributed by atoms with van der Waals surface area (Å²) in [6.45, 7) is 0. The quantitative estimate of drug-likeness (QED) is 0.548. The topological polar surface area (TPSA) is 20.3 Å². The van der Waals surface area contributed by atoms with Gasteiger partial charge < -0.3 is 4.90 Å². The largest absolute Gasteiger partial charge is 0.382 e. The Hall–Kier alpha value is -1.65. The van der Waals surface area contributed by atoms with Crippen LogP contribution >= 0.6 is 23.5 Å². The highest BCUT2D eigenvalue weighted by molar-refractivity contribution is 8.04. The Morgan fingerprint density at radius 1 is 0.955 bits per heavy atom. The third-order valence-electron chi connectivity index (χ3n) is 2.73. The number of hydrogen-bond acceptors (Lipinski definition) is 4. The average molecular weight is 329 g/mol. The number of thioether (sulfide) groups is 2. The van der Waals surface area contributed by atoms with Gasteiger partial charge in [-0.25, -0.2) is 0 Å². The third kappa shape index (κ3) is 5.62. The summed E-state index contributed by atoms with van der Waals surface area (Å²) in [6.07, 6.45) is 1.89. The van der Waals surface area contributed by atoms with E-state index < -0.39 is 0 Å². The minimum Gasteiger partial charge on any atom is -0.382 e. The second-order valence-electron chi connectivity index (χ2n) is 4.90. The van der Waals surface area contributed by atoms with Gasteiger partial charge in [0.25, 0.3) is 0 Å². The molecular formula is C18H19NOS2. The molecule has 0 amide bonds. The summed E-state index contributed by atoms with van der Waals surface area (Å²) in [7, 11) is 3.87. The second kappa shape index (κ2) is 8.71. The monoisotopic (exact) mass is 329 g/mol. The Bertz CT molecular complexity index is 624. The fraction of sp³-hybridized carbons (Fsp3) is 0.167. The fourth-order valence-electron chi connectivity index (χ4n) is 1.74. The summed E-state index contributed by atoms with van der Waals surface area (Å²) in [6, 6.07) is 20.0. The molecule has 114 valence electrons. The van der Waals surface area contributed by atoms with Crippen molar-refractivity contribution in [2.24, 2.45) is 0 Å². The van der Waals surface area contributed by atoms with E-state index in [1.165, 1.54) is 11.8 Å². The van der Waals surface area contributed by atoms with Gasteiger partial charge in [-0.3, -0.25) is 4.79 Å². The molecule has 2 aromatic rings. The van der Waals surface area contributed by atoms with Crippen LogP contribution in [0.4, 0.5) is 0 Å². The van der Waals surface area contributed by atoms with Gasteiger partial charge in [0.15, 0.2) is 5.78 Å². The highest BCUT2D eigenvalue weighted by Gasteiger charge is 2.12. The van der Waals surface area contributed by atoms with Crippen LogP contribution in [0.3, 0.4) is 0 Å². The van der Waals surface area contributed by atoms with Gasteiger partial charge in [0.05, 0.1) is 10.7 Å². The Morgan fingerprint density at radius 2 is 1.50 bits per heavy atom. The van der Waals surface area contributed by atoms with Crippen LogP contribution in [0.25, 0.3) is 0 Å². The molecule has 0 radical (unpaired) electrons. The van der Waals surface area contributed by atoms with Gasteiger partial charge in [-0.2, -0.15) is 0 Å². The molecule has 0 N–H and O–H groups in total. The van der Waals surface area contributed by atoms with E-state index in [4.69, 9.17) is 0 Å². The summed E-state index contributed by atoms with van der Waals surface area (Å²) in [5.41, 5.74) is 0. The van der Waals surface area contributed by atoms with E-state index in [-0.39, 0.29) is 5.78 Å². The zero-order valence-electron chi connectivity index (χ0n) is 12.7. The van der Waals surface area contributed by atoms with Gasteiger partial charge >= 0.3 is 0 Å². The molecule has 0 aliphatic heterocycles. The first kappa shape index (κ1) is 16.7. The van der Waals surface area contributed by atoms with Crippen LogP contribution in [0.5, 0.6) is 0 Å². The lowest BCUT2D eigenvalue weighted by molar-refractivity contribution is -0.112. The molecule has 4 heteroatoms. The van der Waals surface area contributed by atoms with Crippen LogP contribution in [0.1, 0.15) is 0 Å². The van der Waals surface area contributed by atoms with E-state index in [1.807, 2.05) is 85.9 Å². The van der Waals surface area contributed by atoms with Crippen LogP contribution in [0.2, 0.25) is 0 Å². The number of nitrogens with zero attached hydrogens (tertiary/aromatic N) is 1. The van der Waals surface area contributed by atoms with Gasteiger partial charge in [0.1, 0.15) is 0 Å². The second-order valence-corrected chi connectivity index (χ2v) is 7.06. The van der Waals surface area contributed by atoms with Crippen molar-refractivity contribution in [3.05, 3.63) is 71.8 Å². The van der Waals surface area contributed by atoms with Crippen LogP contribution in [-0.2, 0) is 4.79 Å². The minimum absolute atomic E-state index is 0.149. The molecule has 0 heterocycles. The normalized spacial score (nSPS) is 11.3. The number of carbonyl (C=O) groups excluding carboxylic acids is 1. The molecule has 0 aliphatic rings. The van der Waals surface area contributed by atoms with Crippen LogP contribution in [-0.4, -0.2) is 30.5 Å². The molecule has 2 aromatic carbocycles. The van der Waals surface area contributed by atoms with Crippen molar-refractivity contribution in [3.8, 4) is 0 Å². The van der Waals surface area contributed by atoms with Crippen molar-refractivity contribution < 1.29 is 4.79 Å². The number of rotatable bonds is 7. The molecule has 0 aliphatic carbocycles. The highest BCUT2D eigenvalue weighted by Crippen LogP contribution is 2.29. The average Bonchev–Trinajstić information content (AvgIpc) is 2.53. The molecule has 0 saturated heterocycles. The van der Waals surface area contributed by atoms with Gasteiger partial charge in [0, 0.05) is 30.1 Å². The molecule has 2 rings (SSSR count). The zero-order chi connectivity index (χ0) is 15.8. The summed E-state index contributed by atoms with van der Waals surface area (Å²) in [5.74, 6) is 0.597. The summed E-state index contributed by atoms with van der Waals surface area (Å²) >= 11 is 3.09. The molecule has 0 unspecified atom stereocenters. The molecule has 0 saturated carbocycles. The molecule has 0 bridgehead atoms. The van der Waals surface area contributed by atoms with E-state index >= 15 is 0 Å². The lowest BCUT2D eigenvalue weighted by Gasteiger charge is -2.11. The van der Waals surface area contributed by atoms with Crippen LogP contribution in [0, 0.1) is 0 Å². The van der Waals surface area contributed by atoms with Gasteiger partial charge in [0.2, 0.25) is 0 Å². The number of ketones is 1. The van der Waals surface area contributed by atoms with Crippen LogP contribution < -0.4 is 0 Å². The van der Waals surface area contributed by atoms with E-state index in [9.17, 15) is 4.79 Å². The first-order chi connectivity index (χ1) is 10.6. The Balaban J connectivity index is 2.04. The van der Waals surface area contributed by atoms with E-state index in [1.54, 1.807) is 11.8 Å². The molecule has 0 atom stereocenters. The number of carbonyl (C=O) groups is 1. The number of benzene rings is 2. The standard InChI is InChI=1S/C18H19NOS2/c1-19(2)13-18(22-16-11-7-4-8-12-16)17(20)14-21-15-9-5-3-6-10-15/h3-13H,14H2,1-2H3/b18-13+. The number of Topliss-reactive ketones (excluding diaryl/α,β-unsaturated/α-hetero) is 1. The van der Waals surface area contributed by atoms with Crippen molar-refractivity contribution in [1.29, 1.82) is 0 Å². The zero-order valence-corrected chi connectivity index (χ0v) is 14.4. The Morgan fingerprint density at radius 3 is 2.05 bits per heavy atom. The number of hydrogen-bond donors (Lipinski definition) is 0. The van der Waals surface area contributed by atoms with Crippen molar-refractivity contribution in [3.63, 3.8) is 0 Å². The molecule has 22 heavy (non-hydrogen) atoms. The van der Waals surface area contributed by atoms with Gasteiger partial charge in [-0.15, -0.1) is 11.8 Å². The van der Waals surface area contributed by atoms with Crippen molar-refractivity contribution >= 4 is 29.3 Å². The maximum atomic E-state index is 12.5. The maximum absolute atomic E-state index is 12.5. The summed E-state index contributed by atoms with van der Waals surface area (Å²) < 4.78 is 0. The highest BCUT2D eigenvalue weighted by atomic mass is 32.2. The van der Waals surface area contributed by atoms with Crippen molar-refractivity contribution in [1.82, 2.24) is 4.90 Å². The third-order valence-corrected chi connectivity index (χ3v) is 4.81. The van der Waals surface area contributed by atoms with E-state index in [0.29, 0.717) is 5.75 Å². The summed E-state index contributed by atoms with van der Waals surface area (Å²) in [4.78, 5) is 17.4. The van der Waals surface area contributed by atoms with E-state index in [2.05, 4.69) is 0 Å². The minimum atomic E-state index is 0.149. The molecule has 0 aromatic heterocycles. The van der Waals surface area contributed by atoms with Gasteiger partial charge in [-0.05, 0) is 24.3 Å². The van der Waals surface area contributed by atoms with E-state index in [0.717, 1.165) is 14.7 Å². The molecule has 0 fully saturated rings.